The third-order valence-electron chi connectivity index (χ3n) is 9.29. The van der Waals surface area contributed by atoms with Crippen molar-refractivity contribution in [1.82, 2.24) is 25.2 Å². The summed E-state index contributed by atoms with van der Waals surface area (Å²) in [6.07, 6.45) is 8.80. The third-order valence-corrected chi connectivity index (χ3v) is 11.1. The molecule has 55 heavy (non-hydrogen) atoms. The van der Waals surface area contributed by atoms with Crippen molar-refractivity contribution in [2.24, 2.45) is 5.92 Å². The highest BCUT2D eigenvalue weighted by Crippen LogP contribution is 2.28. The Hall–Kier alpha value is -4.01. The van der Waals surface area contributed by atoms with Crippen molar-refractivity contribution in [3.05, 3.63) is 48.3 Å². The fourth-order valence-electron chi connectivity index (χ4n) is 6.30. The molecule has 2 aliphatic heterocycles. The monoisotopic (exact) mass is 795 g/mol. The van der Waals surface area contributed by atoms with E-state index in [9.17, 15) is 36.8 Å². The smallest absolute Gasteiger partial charge is 0.407 e. The molecule has 2 atom stereocenters. The maximum Gasteiger partial charge on any atom is 0.407 e. The average Bonchev–Trinajstić information content (AvgIpc) is 3.73. The minimum absolute atomic E-state index is 0.0109. The third kappa shape index (κ3) is 17.1. The van der Waals surface area contributed by atoms with Gasteiger partial charge in [0.2, 0.25) is 27.7 Å². The molecule has 4 N–H and O–H groups in total. The summed E-state index contributed by atoms with van der Waals surface area (Å²) in [5.74, 6) is -1.07. The van der Waals surface area contributed by atoms with Crippen LogP contribution in [0.3, 0.4) is 0 Å². The summed E-state index contributed by atoms with van der Waals surface area (Å²) in [7, 11) is -3.70. The van der Waals surface area contributed by atoms with Crippen molar-refractivity contribution in [3.63, 3.8) is 0 Å². The predicted molar refractivity (Wildman–Crippen MR) is 213 cm³/mol. The molecule has 0 aromatic heterocycles. The molecule has 13 nitrogen and oxygen atoms in total. The second-order valence-corrected chi connectivity index (χ2v) is 16.9. The quantitative estimate of drug-likeness (QED) is 0.207. The van der Waals surface area contributed by atoms with E-state index in [4.69, 9.17) is 5.11 Å². The summed E-state index contributed by atoms with van der Waals surface area (Å²) in [4.78, 5) is 62.9. The number of benzene rings is 1. The number of hydrogen-bond acceptors (Lipinski definition) is 7. The number of carbonyl (C=O) groups excluding carboxylic acids is 4. The largest absolute Gasteiger partial charge is 0.465 e. The van der Waals surface area contributed by atoms with Gasteiger partial charge >= 0.3 is 6.09 Å². The highest BCUT2D eigenvalue weighted by molar-refractivity contribution is 7.90. The molecule has 0 bridgehead atoms. The molecule has 1 aromatic carbocycles. The summed E-state index contributed by atoms with van der Waals surface area (Å²) in [6.45, 7) is 20.4. The number of carbonyl (C=O) groups is 5. The molecule has 5 rings (SSSR count). The standard InChI is InChI=1S/C20H34N4O6S.C9H8FNO2.C7H14.C2H6.C2H4/c1-5-14(18(27)23-31(29,30)13-8-9-13)21-19(28)15-7-6-12-24(15)17(26)11-10-16(25)22-20(2,3)4;10-8-3-1-2-6-4-11(9(12)13)5-7(6)8;1-7-5-3-2-4-6-7;2*1-2/h13-15H,5-12H2,1-4H3,(H,21,28)(H,22,25)(H,23,27);1-3H,4-5H2,(H,12,13);7H,2-6H2,1H3;1-2H3;1-2H2. The number of amides is 5. The first-order valence-corrected chi connectivity index (χ1v) is 21.2. The molecular formula is C40H66FN5O8S. The van der Waals surface area contributed by atoms with Crippen LogP contribution in [-0.4, -0.2) is 82.5 Å². The van der Waals surface area contributed by atoms with E-state index in [1.165, 1.54) is 48.0 Å². The minimum Gasteiger partial charge on any atom is -0.465 e. The Morgan fingerprint density at radius 2 is 1.56 bits per heavy atom. The van der Waals surface area contributed by atoms with Crippen LogP contribution in [0.1, 0.15) is 137 Å². The van der Waals surface area contributed by atoms with Gasteiger partial charge in [-0.05, 0) is 70.4 Å². The number of nitrogens with one attached hydrogen (secondary N) is 3. The molecule has 3 fully saturated rings. The molecule has 2 saturated carbocycles. The SMILES string of the molecule is C=C.CC.CC1CCCCC1.CCC(NC(=O)C1CCCN1C(=O)CCC(=O)NC(C)(C)C)C(=O)NS(=O)(=O)C1CC1.O=C(O)N1Cc2cccc(F)c2C1. The van der Waals surface area contributed by atoms with E-state index in [-0.39, 0.29) is 49.0 Å². The van der Waals surface area contributed by atoms with Crippen molar-refractivity contribution < 1.29 is 41.9 Å². The van der Waals surface area contributed by atoms with Crippen LogP contribution in [0.15, 0.2) is 31.4 Å². The number of rotatable bonds is 9. The van der Waals surface area contributed by atoms with E-state index in [1.807, 2.05) is 39.3 Å². The zero-order valence-corrected chi connectivity index (χ0v) is 34.9. The van der Waals surface area contributed by atoms with Crippen molar-refractivity contribution >= 4 is 39.7 Å². The molecule has 1 aromatic rings. The summed E-state index contributed by atoms with van der Waals surface area (Å²) in [5.41, 5.74) is 0.881. The predicted octanol–water partition coefficient (Wildman–Crippen LogP) is 6.41. The van der Waals surface area contributed by atoms with Crippen LogP contribution in [0.25, 0.3) is 0 Å². The van der Waals surface area contributed by atoms with Gasteiger partial charge in [0.05, 0.1) is 11.8 Å². The van der Waals surface area contributed by atoms with E-state index in [1.54, 1.807) is 19.1 Å². The Labute approximate surface area is 328 Å². The Balaban J connectivity index is 0.000000509. The lowest BCUT2D eigenvalue weighted by Crippen LogP contribution is -2.54. The number of likely N-dealkylation sites (tertiary alicyclic amines) is 1. The van der Waals surface area contributed by atoms with Gasteiger partial charge < -0.3 is 20.6 Å². The van der Waals surface area contributed by atoms with Gasteiger partial charge in [0.25, 0.3) is 5.91 Å². The Morgan fingerprint density at radius 1 is 0.945 bits per heavy atom. The minimum atomic E-state index is -3.70. The van der Waals surface area contributed by atoms with E-state index in [2.05, 4.69) is 30.7 Å². The molecule has 2 unspecified atom stereocenters. The van der Waals surface area contributed by atoms with Gasteiger partial charge in [-0.15, -0.1) is 13.2 Å². The first-order chi connectivity index (χ1) is 25.9. The normalized spacial score (nSPS) is 18.1. The van der Waals surface area contributed by atoms with Crippen molar-refractivity contribution in [2.45, 2.75) is 161 Å². The molecule has 5 amide bonds. The molecule has 15 heteroatoms. The molecule has 4 aliphatic rings. The van der Waals surface area contributed by atoms with Crippen LogP contribution in [0.2, 0.25) is 0 Å². The number of fused-ring (bicyclic) bond motifs is 1. The number of carboxylic acid groups (broad SMARTS) is 1. The van der Waals surface area contributed by atoms with Crippen LogP contribution in [-0.2, 0) is 42.3 Å². The van der Waals surface area contributed by atoms with Crippen molar-refractivity contribution in [3.8, 4) is 0 Å². The number of sulfonamides is 1. The van der Waals surface area contributed by atoms with Crippen LogP contribution in [0.4, 0.5) is 9.18 Å². The molecular weight excluding hydrogens is 730 g/mol. The van der Waals surface area contributed by atoms with Gasteiger partial charge in [-0.1, -0.05) is 71.9 Å². The van der Waals surface area contributed by atoms with Crippen LogP contribution in [0.5, 0.6) is 0 Å². The van der Waals surface area contributed by atoms with Gasteiger partial charge in [-0.25, -0.2) is 17.6 Å². The first kappa shape index (κ1) is 49.0. The first-order valence-electron chi connectivity index (χ1n) is 19.6. The maximum atomic E-state index is 13.1. The lowest BCUT2D eigenvalue weighted by molar-refractivity contribution is -0.140. The molecule has 0 radical (unpaired) electrons. The summed E-state index contributed by atoms with van der Waals surface area (Å²) in [5, 5.41) is 13.5. The van der Waals surface area contributed by atoms with Gasteiger partial charge in [-0.3, -0.25) is 28.8 Å². The van der Waals surface area contributed by atoms with Gasteiger partial charge in [-0.2, -0.15) is 0 Å². The zero-order chi connectivity index (χ0) is 41.9. The Bertz CT molecular complexity index is 1520. The van der Waals surface area contributed by atoms with Crippen LogP contribution in [0, 0.1) is 11.7 Å². The molecule has 1 saturated heterocycles. The number of hydrogen-bond donors (Lipinski definition) is 4. The lowest BCUT2D eigenvalue weighted by Gasteiger charge is -2.26. The second kappa shape index (κ2) is 23.8. The number of nitrogens with zero attached hydrogens (tertiary/aromatic N) is 2. The fourth-order valence-corrected chi connectivity index (χ4v) is 7.65. The van der Waals surface area contributed by atoms with E-state index < -0.39 is 45.3 Å². The maximum absolute atomic E-state index is 13.1. The average molecular weight is 796 g/mol. The van der Waals surface area contributed by atoms with Gasteiger partial charge in [0.1, 0.15) is 17.9 Å². The van der Waals surface area contributed by atoms with Gasteiger partial charge in [0.15, 0.2) is 0 Å². The van der Waals surface area contributed by atoms with Crippen LogP contribution < -0.4 is 15.4 Å². The van der Waals surface area contributed by atoms with Crippen molar-refractivity contribution in [1.29, 1.82) is 0 Å². The lowest BCUT2D eigenvalue weighted by atomic mass is 9.91. The molecule has 0 spiro atoms. The second-order valence-electron chi connectivity index (χ2n) is 15.0. The number of halogens is 1. The van der Waals surface area contributed by atoms with Crippen LogP contribution >= 0.6 is 0 Å². The van der Waals surface area contributed by atoms with Gasteiger partial charge in [0, 0.05) is 37.0 Å². The highest BCUT2D eigenvalue weighted by atomic mass is 32.2. The highest BCUT2D eigenvalue weighted by Gasteiger charge is 2.39. The summed E-state index contributed by atoms with van der Waals surface area (Å²) in [6, 6.07) is 2.96. The topological polar surface area (TPSA) is 182 Å². The van der Waals surface area contributed by atoms with E-state index in [0.717, 1.165) is 11.5 Å². The zero-order valence-electron chi connectivity index (χ0n) is 34.0. The Kier molecular flexibility index (Phi) is 21.2. The van der Waals surface area contributed by atoms with E-state index in [0.29, 0.717) is 44.3 Å². The summed E-state index contributed by atoms with van der Waals surface area (Å²) >= 11 is 0. The molecule has 312 valence electrons. The Morgan fingerprint density at radius 3 is 2.05 bits per heavy atom. The van der Waals surface area contributed by atoms with Crippen molar-refractivity contribution in [2.75, 3.05) is 6.54 Å². The van der Waals surface area contributed by atoms with E-state index >= 15 is 0 Å². The fraction of sp³-hybridized carbons (Fsp3) is 0.675. The summed E-state index contributed by atoms with van der Waals surface area (Å²) < 4.78 is 39.1. The molecule has 2 heterocycles. The molecule has 2 aliphatic carbocycles.